The summed E-state index contributed by atoms with van der Waals surface area (Å²) >= 11 is 0. The van der Waals surface area contributed by atoms with E-state index in [1.165, 1.54) is 16.7 Å². The summed E-state index contributed by atoms with van der Waals surface area (Å²) in [5, 5.41) is 23.1. The molecule has 0 saturated carbocycles. The Bertz CT molecular complexity index is 1510. The van der Waals surface area contributed by atoms with Gasteiger partial charge in [-0.2, -0.15) is 0 Å². The van der Waals surface area contributed by atoms with E-state index in [0.717, 1.165) is 47.9 Å². The summed E-state index contributed by atoms with van der Waals surface area (Å²) in [4.78, 5) is 15.2. The van der Waals surface area contributed by atoms with E-state index in [2.05, 4.69) is 50.8 Å². The smallest absolute Gasteiger partial charge is 0.414 e. The Morgan fingerprint density at radius 3 is 2.32 bits per heavy atom. The minimum absolute atomic E-state index is 0.0108. The van der Waals surface area contributed by atoms with E-state index in [1.54, 1.807) is 11.0 Å². The van der Waals surface area contributed by atoms with E-state index in [1.807, 2.05) is 31.2 Å². The number of carbonyl (C=O) groups excluding carboxylic acids is 1. The zero-order chi connectivity index (χ0) is 28.8. The van der Waals surface area contributed by atoms with Gasteiger partial charge in [-0.3, -0.25) is 4.90 Å². The summed E-state index contributed by atoms with van der Waals surface area (Å²) in [6.45, 7) is 11.1. The van der Waals surface area contributed by atoms with Crippen LogP contribution in [-0.2, 0) is 4.74 Å². The SMILES string of the molecule is C=C(C)[C@@H]1CCC(C)=C[C@H]1c1c(O)cc2c(c1O)[C@H](CC)CCN2C(=O)OCC1c2ccccc2-c2ccccc21. The van der Waals surface area contributed by atoms with Gasteiger partial charge in [-0.1, -0.05) is 79.3 Å². The maximum Gasteiger partial charge on any atom is 0.414 e. The summed E-state index contributed by atoms with van der Waals surface area (Å²) in [5.74, 6) is 0.133. The maximum atomic E-state index is 13.6. The first kappa shape index (κ1) is 27.2. The fraction of sp³-hybridized carbons (Fsp3) is 0.361. The molecule has 0 aromatic heterocycles. The van der Waals surface area contributed by atoms with Crippen molar-refractivity contribution in [2.45, 2.75) is 64.2 Å². The fourth-order valence-corrected chi connectivity index (χ4v) is 7.35. The van der Waals surface area contributed by atoms with Crippen molar-refractivity contribution in [3.8, 4) is 22.6 Å². The second-order valence-electron chi connectivity index (χ2n) is 12.0. The van der Waals surface area contributed by atoms with Crippen molar-refractivity contribution in [2.24, 2.45) is 5.92 Å². The molecule has 3 aromatic rings. The van der Waals surface area contributed by atoms with Crippen LogP contribution in [0.1, 0.15) is 86.5 Å². The van der Waals surface area contributed by atoms with Crippen LogP contribution < -0.4 is 4.90 Å². The van der Waals surface area contributed by atoms with Crippen LogP contribution in [0.25, 0.3) is 11.1 Å². The van der Waals surface area contributed by atoms with Gasteiger partial charge in [0.1, 0.15) is 18.1 Å². The topological polar surface area (TPSA) is 70.0 Å². The van der Waals surface area contributed by atoms with Gasteiger partial charge in [-0.15, -0.1) is 0 Å². The summed E-state index contributed by atoms with van der Waals surface area (Å²) < 4.78 is 6.00. The van der Waals surface area contributed by atoms with E-state index < -0.39 is 6.09 Å². The summed E-state index contributed by atoms with van der Waals surface area (Å²) in [6.07, 6.45) is 5.16. The summed E-state index contributed by atoms with van der Waals surface area (Å²) in [7, 11) is 0. The lowest BCUT2D eigenvalue weighted by Gasteiger charge is -2.37. The van der Waals surface area contributed by atoms with E-state index in [-0.39, 0.29) is 41.8 Å². The van der Waals surface area contributed by atoms with Gasteiger partial charge in [0.05, 0.1) is 5.69 Å². The molecule has 1 heterocycles. The minimum atomic E-state index is -0.456. The van der Waals surface area contributed by atoms with Crippen molar-refractivity contribution in [3.05, 3.63) is 101 Å². The zero-order valence-corrected chi connectivity index (χ0v) is 24.2. The molecule has 3 aliphatic rings. The van der Waals surface area contributed by atoms with Crippen molar-refractivity contribution in [1.29, 1.82) is 0 Å². The molecule has 41 heavy (non-hydrogen) atoms. The van der Waals surface area contributed by atoms with Crippen molar-refractivity contribution in [3.63, 3.8) is 0 Å². The number of fused-ring (bicyclic) bond motifs is 4. The first-order chi connectivity index (χ1) is 19.8. The second-order valence-corrected chi connectivity index (χ2v) is 12.0. The normalized spacial score (nSPS) is 21.5. The van der Waals surface area contributed by atoms with Crippen molar-refractivity contribution in [2.75, 3.05) is 18.1 Å². The lowest BCUT2D eigenvalue weighted by Crippen LogP contribution is -2.38. The van der Waals surface area contributed by atoms with Crippen molar-refractivity contribution < 1.29 is 19.7 Å². The Labute approximate surface area is 242 Å². The predicted octanol–water partition coefficient (Wildman–Crippen LogP) is 8.77. The number of phenols is 2. The fourth-order valence-electron chi connectivity index (χ4n) is 7.35. The largest absolute Gasteiger partial charge is 0.507 e. The third-order valence-electron chi connectivity index (χ3n) is 9.50. The van der Waals surface area contributed by atoms with Gasteiger partial charge in [0.25, 0.3) is 0 Å². The van der Waals surface area contributed by atoms with E-state index in [4.69, 9.17) is 4.74 Å². The number of aromatic hydroxyl groups is 2. The van der Waals surface area contributed by atoms with Gasteiger partial charge in [0, 0.05) is 35.6 Å². The number of allylic oxidation sites excluding steroid dienone is 3. The van der Waals surface area contributed by atoms with Gasteiger partial charge < -0.3 is 14.9 Å². The number of benzene rings is 3. The highest BCUT2D eigenvalue weighted by Crippen LogP contribution is 2.53. The molecule has 6 rings (SSSR count). The molecule has 0 unspecified atom stereocenters. The van der Waals surface area contributed by atoms with Crippen LogP contribution in [0.15, 0.2) is 78.4 Å². The van der Waals surface area contributed by atoms with E-state index in [9.17, 15) is 15.0 Å². The molecule has 1 amide bonds. The molecule has 0 spiro atoms. The standard InChI is InChI=1S/C36H39NO4/c1-5-23-16-17-37(36(40)41-20-30-27-12-8-6-10-25(27)26-11-7-9-13-28(26)30)31-19-32(38)34(35(39)33(23)31)29-18-22(4)14-15-24(29)21(2)3/h6-13,18-19,23-24,29-30,38-39H,2,5,14-17,20H2,1,3-4H3/t23-,24+,29-/m1/s1. The van der Waals surface area contributed by atoms with Crippen molar-refractivity contribution in [1.82, 2.24) is 0 Å². The van der Waals surface area contributed by atoms with E-state index in [0.29, 0.717) is 17.8 Å². The maximum absolute atomic E-state index is 13.6. The Kier molecular flexibility index (Phi) is 7.14. The number of phenolic OH excluding ortho intramolecular Hbond substituents is 2. The molecule has 2 N–H and O–H groups in total. The highest BCUT2D eigenvalue weighted by Gasteiger charge is 2.38. The molecular weight excluding hydrogens is 510 g/mol. The monoisotopic (exact) mass is 549 g/mol. The lowest BCUT2D eigenvalue weighted by molar-refractivity contribution is 0.149. The first-order valence-electron chi connectivity index (χ1n) is 14.8. The van der Waals surface area contributed by atoms with Crippen LogP contribution in [0.2, 0.25) is 0 Å². The van der Waals surface area contributed by atoms with Gasteiger partial charge in [0.15, 0.2) is 0 Å². The van der Waals surface area contributed by atoms with Crippen LogP contribution in [0, 0.1) is 5.92 Å². The third-order valence-corrected chi connectivity index (χ3v) is 9.50. The Balaban J connectivity index is 1.32. The number of rotatable bonds is 5. The van der Waals surface area contributed by atoms with Gasteiger partial charge in [0.2, 0.25) is 0 Å². The average molecular weight is 550 g/mol. The number of ether oxygens (including phenoxy) is 1. The molecule has 0 bridgehead atoms. The van der Waals surface area contributed by atoms with Crippen molar-refractivity contribution >= 4 is 11.8 Å². The lowest BCUT2D eigenvalue weighted by atomic mass is 9.72. The molecule has 2 aliphatic carbocycles. The zero-order valence-electron chi connectivity index (χ0n) is 24.2. The van der Waals surface area contributed by atoms with Crippen LogP contribution in [-0.4, -0.2) is 29.5 Å². The van der Waals surface area contributed by atoms with Crippen LogP contribution in [0.3, 0.4) is 0 Å². The number of hydrogen-bond acceptors (Lipinski definition) is 4. The van der Waals surface area contributed by atoms with Crippen LogP contribution >= 0.6 is 0 Å². The number of anilines is 1. The van der Waals surface area contributed by atoms with Crippen LogP contribution in [0.4, 0.5) is 10.5 Å². The third kappa shape index (κ3) is 4.61. The summed E-state index contributed by atoms with van der Waals surface area (Å²) in [5.41, 5.74) is 8.80. The number of amides is 1. The molecule has 5 heteroatoms. The molecular formula is C36H39NO4. The Hall–Kier alpha value is -3.99. The quantitative estimate of drug-likeness (QED) is 0.312. The molecule has 0 saturated heterocycles. The molecule has 3 aromatic carbocycles. The summed E-state index contributed by atoms with van der Waals surface area (Å²) in [6, 6.07) is 18.2. The highest BCUT2D eigenvalue weighted by molar-refractivity contribution is 5.91. The average Bonchev–Trinajstić information content (AvgIpc) is 3.28. The highest BCUT2D eigenvalue weighted by atomic mass is 16.6. The second kappa shape index (κ2) is 10.8. The predicted molar refractivity (Wildman–Crippen MR) is 164 cm³/mol. The van der Waals surface area contributed by atoms with Gasteiger partial charge in [-0.25, -0.2) is 4.79 Å². The van der Waals surface area contributed by atoms with E-state index >= 15 is 0 Å². The minimum Gasteiger partial charge on any atom is -0.507 e. The van der Waals surface area contributed by atoms with Gasteiger partial charge in [-0.05, 0) is 73.6 Å². The first-order valence-corrected chi connectivity index (χ1v) is 14.8. The number of nitrogens with zero attached hydrogens (tertiary/aromatic N) is 1. The molecule has 5 nitrogen and oxygen atoms in total. The Morgan fingerprint density at radius 2 is 1.68 bits per heavy atom. The van der Waals surface area contributed by atoms with Crippen LogP contribution in [0.5, 0.6) is 11.5 Å². The molecule has 3 atom stereocenters. The molecule has 0 radical (unpaired) electrons. The molecule has 0 fully saturated rings. The Morgan fingerprint density at radius 1 is 1.02 bits per heavy atom. The molecule has 1 aliphatic heterocycles. The van der Waals surface area contributed by atoms with Gasteiger partial charge >= 0.3 is 6.09 Å². The number of hydrogen-bond donors (Lipinski definition) is 2. The number of carbonyl (C=O) groups is 1. The molecule has 212 valence electrons.